The zero-order valence-corrected chi connectivity index (χ0v) is 11.9. The number of nitrogen functional groups attached to an aromatic ring is 1. The molecule has 0 aliphatic carbocycles. The third-order valence-corrected chi connectivity index (χ3v) is 3.89. The molecule has 0 radical (unpaired) electrons. The molecule has 0 amide bonds. The zero-order chi connectivity index (χ0) is 12.6. The summed E-state index contributed by atoms with van der Waals surface area (Å²) >= 11 is 2.14. The van der Waals surface area contributed by atoms with Crippen LogP contribution in [0, 0.1) is 3.57 Å². The SMILES string of the molecule is CS(=O)(=O)c1ccc(-n2cc(I)cn2)c(N)c1. The van der Waals surface area contributed by atoms with Crippen molar-refractivity contribution in [2.75, 3.05) is 12.0 Å². The van der Waals surface area contributed by atoms with Crippen LogP contribution in [-0.4, -0.2) is 24.5 Å². The second kappa shape index (κ2) is 4.30. The van der Waals surface area contributed by atoms with Crippen LogP contribution >= 0.6 is 22.6 Å². The van der Waals surface area contributed by atoms with Gasteiger partial charge in [0.2, 0.25) is 0 Å². The molecule has 0 aliphatic rings. The van der Waals surface area contributed by atoms with E-state index in [4.69, 9.17) is 5.73 Å². The van der Waals surface area contributed by atoms with Crippen molar-refractivity contribution in [2.24, 2.45) is 0 Å². The van der Waals surface area contributed by atoms with Crippen LogP contribution in [0.3, 0.4) is 0 Å². The fourth-order valence-electron chi connectivity index (χ4n) is 1.40. The molecule has 0 saturated heterocycles. The van der Waals surface area contributed by atoms with Gasteiger partial charge in [-0.2, -0.15) is 5.10 Å². The molecule has 0 saturated carbocycles. The maximum Gasteiger partial charge on any atom is 0.175 e. The van der Waals surface area contributed by atoms with Crippen LogP contribution in [0.2, 0.25) is 0 Å². The molecule has 1 heterocycles. The first-order valence-corrected chi connectivity index (χ1v) is 7.65. The standard InChI is InChI=1S/C10H10IN3O2S/c1-17(15,16)8-2-3-10(9(12)4-8)14-6-7(11)5-13-14/h2-6H,12H2,1H3. The minimum Gasteiger partial charge on any atom is -0.397 e. The number of halogens is 1. The molecule has 2 rings (SSSR count). The molecule has 0 spiro atoms. The van der Waals surface area contributed by atoms with Gasteiger partial charge in [-0.05, 0) is 40.8 Å². The molecule has 7 heteroatoms. The largest absolute Gasteiger partial charge is 0.397 e. The number of hydrogen-bond acceptors (Lipinski definition) is 4. The Morgan fingerprint density at radius 2 is 2.12 bits per heavy atom. The number of rotatable bonds is 2. The highest BCUT2D eigenvalue weighted by Gasteiger charge is 2.10. The van der Waals surface area contributed by atoms with Crippen molar-refractivity contribution >= 4 is 38.1 Å². The van der Waals surface area contributed by atoms with Gasteiger partial charge in [0.1, 0.15) is 0 Å². The van der Waals surface area contributed by atoms with E-state index in [2.05, 4.69) is 27.7 Å². The summed E-state index contributed by atoms with van der Waals surface area (Å²) < 4.78 is 25.3. The van der Waals surface area contributed by atoms with Crippen LogP contribution < -0.4 is 5.73 Å². The average molecular weight is 363 g/mol. The molecule has 1 aromatic carbocycles. The molecule has 0 atom stereocenters. The van der Waals surface area contributed by atoms with E-state index in [0.717, 1.165) is 9.83 Å². The molecule has 90 valence electrons. The van der Waals surface area contributed by atoms with E-state index in [1.165, 1.54) is 12.1 Å². The molecule has 0 bridgehead atoms. The van der Waals surface area contributed by atoms with Gasteiger partial charge in [-0.3, -0.25) is 0 Å². The third kappa shape index (κ3) is 2.60. The molecule has 17 heavy (non-hydrogen) atoms. The van der Waals surface area contributed by atoms with Crippen molar-refractivity contribution in [3.63, 3.8) is 0 Å². The van der Waals surface area contributed by atoms with E-state index in [0.29, 0.717) is 11.4 Å². The number of sulfone groups is 1. The summed E-state index contributed by atoms with van der Waals surface area (Å²) in [5.74, 6) is 0. The van der Waals surface area contributed by atoms with Gasteiger partial charge in [-0.25, -0.2) is 13.1 Å². The molecule has 2 N–H and O–H groups in total. The Morgan fingerprint density at radius 1 is 1.41 bits per heavy atom. The van der Waals surface area contributed by atoms with Gasteiger partial charge in [-0.1, -0.05) is 0 Å². The van der Waals surface area contributed by atoms with Gasteiger partial charge < -0.3 is 5.73 Å². The van der Waals surface area contributed by atoms with Gasteiger partial charge in [0.25, 0.3) is 0 Å². The van der Waals surface area contributed by atoms with E-state index in [1.807, 2.05) is 6.20 Å². The normalized spacial score (nSPS) is 11.6. The van der Waals surface area contributed by atoms with E-state index < -0.39 is 9.84 Å². The highest BCUT2D eigenvalue weighted by atomic mass is 127. The predicted molar refractivity (Wildman–Crippen MR) is 73.8 cm³/mol. The topological polar surface area (TPSA) is 78.0 Å². The highest BCUT2D eigenvalue weighted by Crippen LogP contribution is 2.21. The number of anilines is 1. The number of nitrogens with two attached hydrogens (primary N) is 1. The molecule has 1 aromatic heterocycles. The maximum atomic E-state index is 11.4. The Kier molecular flexibility index (Phi) is 3.13. The van der Waals surface area contributed by atoms with Crippen LogP contribution in [-0.2, 0) is 9.84 Å². The predicted octanol–water partition coefficient (Wildman–Crippen LogP) is 1.46. The monoisotopic (exact) mass is 363 g/mol. The summed E-state index contributed by atoms with van der Waals surface area (Å²) in [6.07, 6.45) is 4.66. The minimum atomic E-state index is -3.23. The second-order valence-corrected chi connectivity index (χ2v) is 6.86. The number of benzene rings is 1. The van der Waals surface area contributed by atoms with Crippen molar-refractivity contribution in [3.05, 3.63) is 34.2 Å². The molecular weight excluding hydrogens is 353 g/mol. The van der Waals surface area contributed by atoms with Gasteiger partial charge in [0.15, 0.2) is 9.84 Å². The number of aromatic nitrogens is 2. The molecule has 0 fully saturated rings. The highest BCUT2D eigenvalue weighted by molar-refractivity contribution is 14.1. The molecule has 0 unspecified atom stereocenters. The minimum absolute atomic E-state index is 0.209. The Balaban J connectivity index is 2.53. The first-order chi connectivity index (χ1) is 7.88. The second-order valence-electron chi connectivity index (χ2n) is 3.60. The van der Waals surface area contributed by atoms with Crippen molar-refractivity contribution in [1.29, 1.82) is 0 Å². The Hall–Kier alpha value is -1.09. The molecular formula is C10H10IN3O2S. The van der Waals surface area contributed by atoms with Crippen LogP contribution in [0.5, 0.6) is 0 Å². The zero-order valence-electron chi connectivity index (χ0n) is 8.96. The summed E-state index contributed by atoms with van der Waals surface area (Å²) in [6.45, 7) is 0. The van der Waals surface area contributed by atoms with Gasteiger partial charge in [0.05, 0.1) is 26.0 Å². The first kappa shape index (κ1) is 12.4. The van der Waals surface area contributed by atoms with Crippen molar-refractivity contribution in [1.82, 2.24) is 9.78 Å². The van der Waals surface area contributed by atoms with Crippen LogP contribution in [0.4, 0.5) is 5.69 Å². The van der Waals surface area contributed by atoms with Crippen LogP contribution in [0.15, 0.2) is 35.5 Å². The Labute approximate surface area is 113 Å². The fraction of sp³-hybridized carbons (Fsp3) is 0.100. The average Bonchev–Trinajstić information content (AvgIpc) is 2.63. The maximum absolute atomic E-state index is 11.4. The summed E-state index contributed by atoms with van der Waals surface area (Å²) in [5.41, 5.74) is 6.88. The quantitative estimate of drug-likeness (QED) is 0.648. The lowest BCUT2D eigenvalue weighted by Gasteiger charge is -2.07. The number of hydrogen-bond donors (Lipinski definition) is 1. The van der Waals surface area contributed by atoms with E-state index in [9.17, 15) is 8.42 Å². The Bertz CT molecular complexity index is 664. The van der Waals surface area contributed by atoms with Crippen molar-refractivity contribution < 1.29 is 8.42 Å². The lowest BCUT2D eigenvalue weighted by molar-refractivity contribution is 0.602. The number of nitrogens with zero attached hydrogens (tertiary/aromatic N) is 2. The molecule has 0 aliphatic heterocycles. The van der Waals surface area contributed by atoms with Gasteiger partial charge >= 0.3 is 0 Å². The lowest BCUT2D eigenvalue weighted by atomic mass is 10.3. The van der Waals surface area contributed by atoms with Crippen LogP contribution in [0.25, 0.3) is 5.69 Å². The fourth-order valence-corrected chi connectivity index (χ4v) is 2.45. The van der Waals surface area contributed by atoms with Crippen LogP contribution in [0.1, 0.15) is 0 Å². The van der Waals surface area contributed by atoms with Gasteiger partial charge in [-0.15, -0.1) is 0 Å². The van der Waals surface area contributed by atoms with Crippen molar-refractivity contribution in [2.45, 2.75) is 4.90 Å². The lowest BCUT2D eigenvalue weighted by Crippen LogP contribution is -2.03. The Morgan fingerprint density at radius 3 is 2.59 bits per heavy atom. The molecule has 5 nitrogen and oxygen atoms in total. The molecule has 2 aromatic rings. The van der Waals surface area contributed by atoms with Gasteiger partial charge in [0, 0.05) is 12.5 Å². The van der Waals surface area contributed by atoms with E-state index in [1.54, 1.807) is 16.9 Å². The summed E-state index contributed by atoms with van der Waals surface area (Å²) in [4.78, 5) is 0.209. The summed E-state index contributed by atoms with van der Waals surface area (Å²) in [6, 6.07) is 4.61. The van der Waals surface area contributed by atoms with Crippen molar-refractivity contribution in [3.8, 4) is 5.69 Å². The first-order valence-electron chi connectivity index (χ1n) is 4.68. The van der Waals surface area contributed by atoms with E-state index >= 15 is 0 Å². The third-order valence-electron chi connectivity index (χ3n) is 2.23. The van der Waals surface area contributed by atoms with E-state index in [-0.39, 0.29) is 4.90 Å². The summed E-state index contributed by atoms with van der Waals surface area (Å²) in [7, 11) is -3.23. The summed E-state index contributed by atoms with van der Waals surface area (Å²) in [5, 5.41) is 4.12. The smallest absolute Gasteiger partial charge is 0.175 e.